The molecular weight excluding hydrogens is 302 g/mol. The fraction of sp³-hybridized carbons (Fsp3) is 0.353. The van der Waals surface area contributed by atoms with E-state index in [1.165, 1.54) is 0 Å². The van der Waals surface area contributed by atoms with Gasteiger partial charge < -0.3 is 14.0 Å². The molecule has 5 heteroatoms. The molecule has 0 amide bonds. The molecular formula is C17H20ClNO3. The minimum Gasteiger partial charge on any atom is -0.491 e. The second kappa shape index (κ2) is 7.47. The first-order chi connectivity index (χ1) is 10.6. The van der Waals surface area contributed by atoms with Crippen LogP contribution in [0, 0.1) is 6.92 Å². The fourth-order valence-corrected chi connectivity index (χ4v) is 2.54. The van der Waals surface area contributed by atoms with Crippen molar-refractivity contribution in [2.24, 2.45) is 0 Å². The molecule has 0 fully saturated rings. The fourth-order valence-electron chi connectivity index (χ4n) is 2.27. The first-order valence-corrected chi connectivity index (χ1v) is 7.58. The molecule has 0 aliphatic heterocycles. The minimum absolute atomic E-state index is 0.0106. The van der Waals surface area contributed by atoms with E-state index in [4.69, 9.17) is 21.1 Å². The average Bonchev–Trinajstić information content (AvgIpc) is 2.51. The lowest BCUT2D eigenvalue weighted by Crippen LogP contribution is -2.22. The second-order valence-corrected chi connectivity index (χ2v) is 5.34. The molecule has 0 unspecified atom stereocenters. The third-order valence-corrected chi connectivity index (χ3v) is 3.77. The van der Waals surface area contributed by atoms with E-state index in [0.29, 0.717) is 30.5 Å². The molecule has 1 aromatic heterocycles. The van der Waals surface area contributed by atoms with Crippen molar-refractivity contribution < 1.29 is 9.47 Å². The molecule has 1 aromatic carbocycles. The van der Waals surface area contributed by atoms with Gasteiger partial charge in [-0.2, -0.15) is 0 Å². The standard InChI is InChI=1S/C17H20ClNO3/c1-4-19-16(8-5-12(2)17(19)20)14-7-6-13(11-15(14)18)22-10-9-21-3/h5-8,11H,4,9-10H2,1-3H3. The van der Waals surface area contributed by atoms with Gasteiger partial charge in [0, 0.05) is 24.8 Å². The molecule has 118 valence electrons. The summed E-state index contributed by atoms with van der Waals surface area (Å²) in [7, 11) is 1.63. The van der Waals surface area contributed by atoms with E-state index in [0.717, 1.165) is 16.8 Å². The number of pyridine rings is 1. The molecule has 0 aliphatic carbocycles. The van der Waals surface area contributed by atoms with Gasteiger partial charge in [0.1, 0.15) is 12.4 Å². The number of aryl methyl sites for hydroxylation is 1. The van der Waals surface area contributed by atoms with E-state index in [-0.39, 0.29) is 5.56 Å². The average molecular weight is 322 g/mol. The van der Waals surface area contributed by atoms with E-state index in [9.17, 15) is 4.79 Å². The van der Waals surface area contributed by atoms with Crippen molar-refractivity contribution in [1.82, 2.24) is 4.57 Å². The third-order valence-electron chi connectivity index (χ3n) is 3.45. The summed E-state index contributed by atoms with van der Waals surface area (Å²) >= 11 is 6.37. The molecule has 2 aromatic rings. The van der Waals surface area contributed by atoms with Crippen LogP contribution in [0.1, 0.15) is 12.5 Å². The van der Waals surface area contributed by atoms with Gasteiger partial charge in [0.25, 0.3) is 5.56 Å². The zero-order valence-corrected chi connectivity index (χ0v) is 13.8. The van der Waals surface area contributed by atoms with Crippen LogP contribution in [0.25, 0.3) is 11.3 Å². The van der Waals surface area contributed by atoms with Crippen LogP contribution >= 0.6 is 11.6 Å². The van der Waals surface area contributed by atoms with Gasteiger partial charge in [-0.05, 0) is 38.1 Å². The highest BCUT2D eigenvalue weighted by atomic mass is 35.5. The van der Waals surface area contributed by atoms with Crippen LogP contribution in [0.15, 0.2) is 35.1 Å². The van der Waals surface area contributed by atoms with Crippen LogP contribution < -0.4 is 10.3 Å². The summed E-state index contributed by atoms with van der Waals surface area (Å²) < 4.78 is 12.2. The SMILES string of the molecule is CCn1c(-c2ccc(OCCOC)cc2Cl)ccc(C)c1=O. The Labute approximate surface area is 135 Å². The van der Waals surface area contributed by atoms with Gasteiger partial charge in [-0.15, -0.1) is 0 Å². The maximum Gasteiger partial charge on any atom is 0.253 e. The van der Waals surface area contributed by atoms with Crippen molar-refractivity contribution in [3.8, 4) is 17.0 Å². The molecule has 2 rings (SSSR count). The molecule has 1 heterocycles. The summed E-state index contributed by atoms with van der Waals surface area (Å²) in [4.78, 5) is 12.2. The minimum atomic E-state index is 0.0106. The normalized spacial score (nSPS) is 10.7. The van der Waals surface area contributed by atoms with E-state index in [2.05, 4.69) is 0 Å². The molecule has 0 saturated carbocycles. The number of hydrogen-bond donors (Lipinski definition) is 0. The Morgan fingerprint density at radius 1 is 1.18 bits per heavy atom. The van der Waals surface area contributed by atoms with Crippen LogP contribution in [-0.2, 0) is 11.3 Å². The molecule has 4 nitrogen and oxygen atoms in total. The lowest BCUT2D eigenvalue weighted by molar-refractivity contribution is 0.146. The molecule has 0 aliphatic rings. The van der Waals surface area contributed by atoms with Crippen molar-refractivity contribution in [3.63, 3.8) is 0 Å². The predicted molar refractivity (Wildman–Crippen MR) is 88.9 cm³/mol. The maximum absolute atomic E-state index is 12.2. The van der Waals surface area contributed by atoms with Crippen LogP contribution in [0.2, 0.25) is 5.02 Å². The predicted octanol–water partition coefficient (Wildman–Crippen LogP) is 3.52. The molecule has 0 atom stereocenters. The van der Waals surface area contributed by atoms with E-state index in [1.54, 1.807) is 17.7 Å². The third kappa shape index (κ3) is 3.51. The van der Waals surface area contributed by atoms with Gasteiger partial charge >= 0.3 is 0 Å². The lowest BCUT2D eigenvalue weighted by Gasteiger charge is -2.14. The van der Waals surface area contributed by atoms with Gasteiger partial charge in [0.05, 0.1) is 17.3 Å². The summed E-state index contributed by atoms with van der Waals surface area (Å²) in [6, 6.07) is 9.23. The van der Waals surface area contributed by atoms with Crippen molar-refractivity contribution >= 4 is 11.6 Å². The molecule has 0 saturated heterocycles. The van der Waals surface area contributed by atoms with Gasteiger partial charge in [0.2, 0.25) is 0 Å². The highest BCUT2D eigenvalue weighted by molar-refractivity contribution is 6.33. The Bertz CT molecular complexity index is 710. The summed E-state index contributed by atoms with van der Waals surface area (Å²) in [6.07, 6.45) is 0. The van der Waals surface area contributed by atoms with Gasteiger partial charge in [-0.1, -0.05) is 17.7 Å². The van der Waals surface area contributed by atoms with Crippen LogP contribution in [0.4, 0.5) is 0 Å². The van der Waals surface area contributed by atoms with Crippen molar-refractivity contribution in [2.75, 3.05) is 20.3 Å². The highest BCUT2D eigenvalue weighted by Crippen LogP contribution is 2.30. The van der Waals surface area contributed by atoms with Crippen LogP contribution in [-0.4, -0.2) is 24.9 Å². The molecule has 0 radical (unpaired) electrons. The Balaban J connectivity index is 2.38. The topological polar surface area (TPSA) is 40.5 Å². The second-order valence-electron chi connectivity index (χ2n) is 4.93. The molecule has 0 bridgehead atoms. The monoisotopic (exact) mass is 321 g/mol. The van der Waals surface area contributed by atoms with Gasteiger partial charge in [-0.25, -0.2) is 0 Å². The Morgan fingerprint density at radius 2 is 1.95 bits per heavy atom. The number of halogens is 1. The quantitative estimate of drug-likeness (QED) is 0.764. The Morgan fingerprint density at radius 3 is 2.59 bits per heavy atom. The van der Waals surface area contributed by atoms with E-state index >= 15 is 0 Å². The number of methoxy groups -OCH3 is 1. The van der Waals surface area contributed by atoms with Crippen molar-refractivity contribution in [1.29, 1.82) is 0 Å². The summed E-state index contributed by atoms with van der Waals surface area (Å²) in [6.45, 7) is 5.34. The molecule has 0 N–H and O–H groups in total. The largest absolute Gasteiger partial charge is 0.491 e. The zero-order valence-electron chi connectivity index (χ0n) is 13.1. The van der Waals surface area contributed by atoms with E-state index in [1.807, 2.05) is 38.1 Å². The molecule has 0 spiro atoms. The number of rotatable bonds is 6. The zero-order chi connectivity index (χ0) is 16.1. The maximum atomic E-state index is 12.2. The highest BCUT2D eigenvalue weighted by Gasteiger charge is 2.11. The number of benzene rings is 1. The van der Waals surface area contributed by atoms with Crippen LogP contribution in [0.3, 0.4) is 0 Å². The lowest BCUT2D eigenvalue weighted by atomic mass is 10.1. The number of aromatic nitrogens is 1. The Kier molecular flexibility index (Phi) is 5.63. The number of hydrogen-bond acceptors (Lipinski definition) is 3. The first kappa shape index (κ1) is 16.6. The summed E-state index contributed by atoms with van der Waals surface area (Å²) in [5, 5.41) is 0.556. The Hall–Kier alpha value is -1.78. The number of nitrogens with zero attached hydrogens (tertiary/aromatic N) is 1. The first-order valence-electron chi connectivity index (χ1n) is 7.20. The van der Waals surface area contributed by atoms with Crippen molar-refractivity contribution in [2.45, 2.75) is 20.4 Å². The number of ether oxygens (including phenoxy) is 2. The van der Waals surface area contributed by atoms with Gasteiger partial charge in [-0.3, -0.25) is 4.79 Å². The smallest absolute Gasteiger partial charge is 0.253 e. The molecule has 22 heavy (non-hydrogen) atoms. The summed E-state index contributed by atoms with van der Waals surface area (Å²) in [5.74, 6) is 0.684. The van der Waals surface area contributed by atoms with Gasteiger partial charge in [0.15, 0.2) is 0 Å². The summed E-state index contributed by atoms with van der Waals surface area (Å²) in [5.41, 5.74) is 2.36. The van der Waals surface area contributed by atoms with Crippen molar-refractivity contribution in [3.05, 3.63) is 51.3 Å². The van der Waals surface area contributed by atoms with E-state index < -0.39 is 0 Å². The van der Waals surface area contributed by atoms with Crippen LogP contribution in [0.5, 0.6) is 5.75 Å².